The predicted octanol–water partition coefficient (Wildman–Crippen LogP) is 30.3. The Balaban J connectivity index is 0.000000132. The summed E-state index contributed by atoms with van der Waals surface area (Å²) in [6.07, 6.45) is 4.08. The molecule has 2 unspecified atom stereocenters. The van der Waals surface area contributed by atoms with Crippen LogP contribution in [0.1, 0.15) is 129 Å². The van der Waals surface area contributed by atoms with Crippen molar-refractivity contribution in [2.45, 2.75) is 131 Å². The Labute approximate surface area is 664 Å². The molecule has 1 fully saturated rings. The molecule has 16 rings (SSSR count). The molecule has 0 saturated carbocycles. The van der Waals surface area contributed by atoms with Gasteiger partial charge in [0, 0.05) is 91.9 Å². The van der Waals surface area contributed by atoms with E-state index < -0.39 is 5.79 Å². The zero-order valence-electron chi connectivity index (χ0n) is 60.6. The van der Waals surface area contributed by atoms with Crippen LogP contribution in [-0.2, 0) is 15.6 Å². The maximum atomic E-state index is 6.15. The zero-order valence-corrected chi connectivity index (χ0v) is 70.1. The third-order valence-corrected chi connectivity index (χ3v) is 23.7. The summed E-state index contributed by atoms with van der Waals surface area (Å²) in [5.74, 6) is 0.944. The fraction of sp³-hybridized carbons (Fsp3) is 0.217. The van der Waals surface area contributed by atoms with Gasteiger partial charge in [-0.3, -0.25) is 0 Å². The highest BCUT2D eigenvalue weighted by molar-refractivity contribution is 9.11. The van der Waals surface area contributed by atoms with Crippen molar-refractivity contribution >= 4 is 147 Å². The minimum atomic E-state index is -0.634. The van der Waals surface area contributed by atoms with E-state index in [0.717, 1.165) is 102 Å². The fourth-order valence-corrected chi connectivity index (χ4v) is 18.0. The van der Waals surface area contributed by atoms with Gasteiger partial charge >= 0.3 is 0 Å². The first-order chi connectivity index (χ1) is 49.6. The minimum Gasteiger partial charge on any atom is -0.449 e. The molecule has 3 heterocycles. The number of aryl methyl sites for hydroxylation is 6. The molecule has 12 aromatic rings. The van der Waals surface area contributed by atoms with Crippen LogP contribution < -0.4 is 24.2 Å². The van der Waals surface area contributed by atoms with Crippen LogP contribution in [0.2, 0.25) is 0 Å². The topological polar surface area (TPSA) is 37.4 Å². The van der Waals surface area contributed by atoms with Gasteiger partial charge in [-0.05, 0) is 361 Å². The number of nitrogens with zero attached hydrogens (tertiary/aromatic N) is 3. The maximum Gasteiger partial charge on any atom is 0.246 e. The van der Waals surface area contributed by atoms with Gasteiger partial charge in [-0.2, -0.15) is 0 Å². The first-order valence-corrected chi connectivity index (χ1v) is 40.1. The highest BCUT2D eigenvalue weighted by Gasteiger charge is 2.42. The Morgan fingerprint density at radius 1 is 0.288 bits per heavy atom. The molecule has 2 bridgehead atoms. The lowest BCUT2D eigenvalue weighted by molar-refractivity contribution is -0.0431. The third kappa shape index (κ3) is 15.3. The largest absolute Gasteiger partial charge is 0.449 e. The monoisotopic (exact) mass is 1750 g/mol. The normalized spacial score (nSPS) is 15.8. The van der Waals surface area contributed by atoms with Crippen molar-refractivity contribution < 1.29 is 14.2 Å². The van der Waals surface area contributed by atoms with E-state index in [9.17, 15) is 0 Å². The molecule has 0 aromatic heterocycles. The van der Waals surface area contributed by atoms with E-state index in [4.69, 9.17) is 14.2 Å². The lowest BCUT2D eigenvalue weighted by Crippen LogP contribution is -2.29. The molecule has 104 heavy (non-hydrogen) atoms. The molecular weight excluding hydrogens is 1670 g/mol. The van der Waals surface area contributed by atoms with Gasteiger partial charge in [0.2, 0.25) is 5.79 Å². The minimum absolute atomic E-state index is 0.191. The lowest BCUT2D eigenvalue weighted by atomic mass is 9.82. The fourth-order valence-electron chi connectivity index (χ4n) is 16.4. The van der Waals surface area contributed by atoms with Crippen LogP contribution in [0.4, 0.5) is 51.2 Å². The molecule has 4 aliphatic rings. The van der Waals surface area contributed by atoms with Gasteiger partial charge in [0.15, 0.2) is 11.5 Å². The van der Waals surface area contributed by atoms with Gasteiger partial charge in [-0.25, -0.2) is 0 Å². The van der Waals surface area contributed by atoms with Gasteiger partial charge in [0.1, 0.15) is 0 Å². The van der Waals surface area contributed by atoms with E-state index >= 15 is 0 Å². The molecule has 1 saturated heterocycles. The van der Waals surface area contributed by atoms with E-state index in [-0.39, 0.29) is 16.9 Å². The van der Waals surface area contributed by atoms with Crippen molar-refractivity contribution in [2.24, 2.45) is 0 Å². The summed E-state index contributed by atoms with van der Waals surface area (Å²) in [5, 5.41) is 0. The van der Waals surface area contributed by atoms with Gasteiger partial charge in [-0.15, -0.1) is 0 Å². The summed E-state index contributed by atoms with van der Waals surface area (Å²) >= 11 is 21.4. The van der Waals surface area contributed by atoms with E-state index in [1.165, 1.54) is 95.6 Å². The summed E-state index contributed by atoms with van der Waals surface area (Å²) < 4.78 is 24.4. The smallest absolute Gasteiger partial charge is 0.246 e. The van der Waals surface area contributed by atoms with E-state index in [2.05, 4.69) is 410 Å². The Morgan fingerprint density at radius 2 is 0.577 bits per heavy atom. The Kier molecular flexibility index (Phi) is 20.9. The van der Waals surface area contributed by atoms with E-state index in [1.54, 1.807) is 0 Å². The molecule has 6 nitrogen and oxygen atoms in total. The number of halogens is 6. The number of ether oxygens (including phenoxy) is 3. The lowest BCUT2D eigenvalue weighted by Gasteiger charge is -2.27. The molecule has 12 heteroatoms. The van der Waals surface area contributed by atoms with Crippen molar-refractivity contribution in [3.63, 3.8) is 0 Å². The third-order valence-electron chi connectivity index (χ3n) is 20.5. The second-order valence-electron chi connectivity index (χ2n) is 29.7. The molecule has 0 radical (unpaired) electrons. The summed E-state index contributed by atoms with van der Waals surface area (Å²) in [6, 6.07) is 84.9. The average molecular weight is 1760 g/mol. The predicted molar refractivity (Wildman–Crippen MR) is 456 cm³/mol. The van der Waals surface area contributed by atoms with Crippen molar-refractivity contribution in [3.8, 4) is 44.9 Å². The molecule has 1 aliphatic carbocycles. The van der Waals surface area contributed by atoms with Gasteiger partial charge in [-0.1, -0.05) is 160 Å². The highest BCUT2D eigenvalue weighted by atomic mass is 79.9. The molecule has 12 aromatic carbocycles. The molecule has 526 valence electrons. The van der Waals surface area contributed by atoms with Crippen LogP contribution >= 0.6 is 95.6 Å². The second kappa shape index (κ2) is 29.7. The quantitative estimate of drug-likeness (QED) is 0.121. The van der Waals surface area contributed by atoms with Crippen LogP contribution in [0.3, 0.4) is 0 Å². The molecule has 0 N–H and O–H groups in total. The summed E-state index contributed by atoms with van der Waals surface area (Å²) in [6.45, 7) is 26.7. The summed E-state index contributed by atoms with van der Waals surface area (Å²) in [7, 11) is 0. The van der Waals surface area contributed by atoms with Gasteiger partial charge < -0.3 is 28.9 Å². The van der Waals surface area contributed by atoms with Gasteiger partial charge in [0.05, 0.1) is 12.2 Å². The first-order valence-electron chi connectivity index (χ1n) is 35.4. The molecular formula is C92H83Br6N3O3. The van der Waals surface area contributed by atoms with Crippen molar-refractivity contribution in [1.29, 1.82) is 0 Å². The molecule has 0 spiro atoms. The number of hydrogen-bond donors (Lipinski definition) is 0. The number of rotatable bonds is 12. The van der Waals surface area contributed by atoms with Crippen LogP contribution in [0.15, 0.2) is 263 Å². The number of anilines is 9. The summed E-state index contributed by atoms with van der Waals surface area (Å²) in [5.41, 5.74) is 31.5. The number of hydrogen-bond acceptors (Lipinski definition) is 6. The van der Waals surface area contributed by atoms with Gasteiger partial charge in [0.25, 0.3) is 0 Å². The molecule has 3 aliphatic heterocycles. The zero-order chi connectivity index (χ0) is 73.3. The van der Waals surface area contributed by atoms with Crippen LogP contribution in [0, 0.1) is 41.5 Å². The maximum absolute atomic E-state index is 6.15. The Hall–Kier alpha value is -7.52. The van der Waals surface area contributed by atoms with E-state index in [1.807, 2.05) is 19.9 Å². The van der Waals surface area contributed by atoms with Crippen molar-refractivity contribution in [3.05, 3.63) is 319 Å². The van der Waals surface area contributed by atoms with Crippen molar-refractivity contribution in [1.82, 2.24) is 0 Å². The Morgan fingerprint density at radius 3 is 0.933 bits per heavy atom. The van der Waals surface area contributed by atoms with Crippen LogP contribution in [-0.4, -0.2) is 5.79 Å². The number of benzene rings is 12. The first kappa shape index (κ1) is 73.4. The molecule has 2 atom stereocenters. The van der Waals surface area contributed by atoms with Crippen molar-refractivity contribution in [2.75, 3.05) is 14.7 Å². The average Bonchev–Trinajstić information content (AvgIpc) is 1.56. The van der Waals surface area contributed by atoms with E-state index in [0.29, 0.717) is 6.10 Å². The molecule has 0 amide bonds. The van der Waals surface area contributed by atoms with Crippen LogP contribution in [0.25, 0.3) is 33.4 Å². The SMILES string of the molecule is Cc1cc(N(c2ccc(Br)cc2)c2ccc(Br)cc2)cc(C)c1-c1ccc2c(c1)C(C)(C)CC2(C)C.Cc1cc(N(c2ccc(Br)cc2)c2ccc(Br)cc2)cc(C)c1-c1ccc2c(c1)C1CCC2O1.Cc1cc(N(c2ccc(Br)cc2)c2ccc(Br)cc2)cc(C)c1-c1ccc2c(c1)OC(C)(C)O2. The standard InChI is InChI=1S/C33H33Br2N.C30H25Br2NO.C29H25Br2NO2/c1-21-17-28(36(26-12-8-24(34)9-13-26)27-14-10-25(35)11-15-27)18-22(2)31(21)23-7-16-29-30(19-23)33(5,6)20-32(29,3)4;1-18-15-25(33(23-8-4-21(31)5-9-23)24-10-6-22(32)7-11-24)16-19(2)30(18)20-3-12-26-27(17-20)29-14-13-28(26)34-29;1-18-15-25(32(23-10-6-21(30)7-11-23)24-12-8-22(31)9-13-24)16-19(2)28(18)20-5-14-26-27(17-20)34-29(3,4)33-26/h7-19H,20H2,1-6H3;3-12,15-17,28-29H,13-14H2,1-2H3;5-17H,1-4H3. The highest BCUT2D eigenvalue weighted by Crippen LogP contribution is 2.54. The number of fused-ring (bicyclic) bond motifs is 7. The Bertz CT molecular complexity index is 5000. The second-order valence-corrected chi connectivity index (χ2v) is 35.2. The van der Waals surface area contributed by atoms with Crippen LogP contribution in [0.5, 0.6) is 11.5 Å². The summed E-state index contributed by atoms with van der Waals surface area (Å²) in [4.78, 5) is 6.93.